The van der Waals surface area contributed by atoms with Gasteiger partial charge in [0.1, 0.15) is 23.8 Å². The second kappa shape index (κ2) is 12.5. The summed E-state index contributed by atoms with van der Waals surface area (Å²) in [5.74, 6) is -1.07. The van der Waals surface area contributed by atoms with E-state index in [0.29, 0.717) is 30.9 Å². The fourth-order valence-corrected chi connectivity index (χ4v) is 3.99. The summed E-state index contributed by atoms with van der Waals surface area (Å²) in [6, 6.07) is 3.87. The average molecular weight is 598 g/mol. The van der Waals surface area contributed by atoms with Gasteiger partial charge in [-0.2, -0.15) is 31.4 Å². The van der Waals surface area contributed by atoms with Crippen molar-refractivity contribution in [2.45, 2.75) is 45.1 Å². The Kier molecular flexibility index (Phi) is 9.02. The number of halogens is 6. The predicted molar refractivity (Wildman–Crippen MR) is 136 cm³/mol. The highest BCUT2D eigenvalue weighted by Crippen LogP contribution is 2.45. The highest BCUT2D eigenvalue weighted by Gasteiger charge is 2.34. The maximum Gasteiger partial charge on any atom is 0.432 e. The number of ether oxygens (including phenoxy) is 1. The molecule has 0 saturated heterocycles. The number of pyridine rings is 1. The molecular formula is C26H25F6N7O3. The molecule has 0 bridgehead atoms. The molecule has 10 nitrogen and oxygen atoms in total. The van der Waals surface area contributed by atoms with Crippen LogP contribution >= 0.6 is 0 Å². The van der Waals surface area contributed by atoms with Gasteiger partial charge in [-0.1, -0.05) is 12.1 Å². The Hall–Kier alpha value is -4.63. The summed E-state index contributed by atoms with van der Waals surface area (Å²) in [6.45, 7) is 2.58. The van der Waals surface area contributed by atoms with E-state index in [1.54, 1.807) is 10.9 Å². The number of aromatic amines is 1. The molecule has 0 aliphatic rings. The molecule has 3 N–H and O–H groups in total. The quantitative estimate of drug-likeness (QED) is 0.164. The highest BCUT2D eigenvalue weighted by molar-refractivity contribution is 5.85. The minimum absolute atomic E-state index is 0.0124. The van der Waals surface area contributed by atoms with Crippen LogP contribution in [0.4, 0.5) is 26.3 Å². The molecule has 0 fully saturated rings. The van der Waals surface area contributed by atoms with Crippen molar-refractivity contribution in [3.63, 3.8) is 0 Å². The fraction of sp³-hybridized carbons (Fsp3) is 0.346. The summed E-state index contributed by atoms with van der Waals surface area (Å²) in [7, 11) is 0. The first-order valence-electron chi connectivity index (χ1n) is 12.7. The van der Waals surface area contributed by atoms with E-state index in [0.717, 1.165) is 18.7 Å². The van der Waals surface area contributed by atoms with Gasteiger partial charge in [0.15, 0.2) is 0 Å². The zero-order valence-corrected chi connectivity index (χ0v) is 22.1. The molecule has 1 amide bonds. The molecule has 3 aromatic heterocycles. The van der Waals surface area contributed by atoms with E-state index in [4.69, 9.17) is 4.74 Å². The first-order valence-corrected chi connectivity index (χ1v) is 12.7. The Labute approximate surface area is 234 Å². The van der Waals surface area contributed by atoms with Gasteiger partial charge in [0, 0.05) is 49.1 Å². The number of phenolic OH excluding ortho intramolecular Hbond substituents is 1. The van der Waals surface area contributed by atoms with Crippen LogP contribution in [0.25, 0.3) is 22.4 Å². The van der Waals surface area contributed by atoms with Crippen molar-refractivity contribution in [2.24, 2.45) is 0 Å². The molecule has 0 spiro atoms. The third-order valence-electron chi connectivity index (χ3n) is 5.98. The number of aryl methyl sites for hydroxylation is 2. The van der Waals surface area contributed by atoms with E-state index in [1.165, 1.54) is 12.1 Å². The molecular weight excluding hydrogens is 572 g/mol. The number of aromatic hydroxyl groups is 1. The number of carbonyl (C=O) groups excluding carboxylic acids is 1. The molecule has 42 heavy (non-hydrogen) atoms. The lowest BCUT2D eigenvalue weighted by Crippen LogP contribution is -2.28. The van der Waals surface area contributed by atoms with E-state index in [2.05, 4.69) is 25.7 Å². The lowest BCUT2D eigenvalue weighted by atomic mass is 9.98. The topological polar surface area (TPSA) is 131 Å². The van der Waals surface area contributed by atoms with Crippen molar-refractivity contribution in [3.8, 4) is 33.9 Å². The van der Waals surface area contributed by atoms with Crippen LogP contribution in [0.1, 0.15) is 36.7 Å². The van der Waals surface area contributed by atoms with Crippen molar-refractivity contribution in [1.29, 1.82) is 0 Å². The van der Waals surface area contributed by atoms with Gasteiger partial charge in [-0.3, -0.25) is 19.6 Å². The number of hydrogen-bond donors (Lipinski definition) is 3. The van der Waals surface area contributed by atoms with Crippen LogP contribution in [0.5, 0.6) is 11.5 Å². The number of hydrogen-bond acceptors (Lipinski definition) is 7. The lowest BCUT2D eigenvalue weighted by molar-refractivity contribution is -0.141. The summed E-state index contributed by atoms with van der Waals surface area (Å²) in [5.41, 5.74) is -2.57. The van der Waals surface area contributed by atoms with Crippen molar-refractivity contribution in [1.82, 2.24) is 35.5 Å². The van der Waals surface area contributed by atoms with Crippen molar-refractivity contribution < 1.29 is 41.0 Å². The average Bonchev–Trinajstić information content (AvgIpc) is 3.60. The number of amides is 1. The Morgan fingerprint density at radius 2 is 1.90 bits per heavy atom. The Morgan fingerprint density at radius 1 is 1.12 bits per heavy atom. The lowest BCUT2D eigenvalue weighted by Gasteiger charge is -2.16. The molecule has 0 atom stereocenters. The van der Waals surface area contributed by atoms with Gasteiger partial charge >= 0.3 is 12.4 Å². The first kappa shape index (κ1) is 30.3. The van der Waals surface area contributed by atoms with Gasteiger partial charge in [0.25, 0.3) is 0 Å². The molecule has 0 radical (unpaired) electrons. The van der Waals surface area contributed by atoms with Crippen LogP contribution in [-0.4, -0.2) is 54.3 Å². The van der Waals surface area contributed by atoms with Crippen molar-refractivity contribution in [2.75, 3.05) is 13.2 Å². The number of nitrogens with one attached hydrogen (secondary N) is 2. The maximum absolute atomic E-state index is 13.4. The maximum atomic E-state index is 13.4. The van der Waals surface area contributed by atoms with Crippen LogP contribution in [0, 0.1) is 0 Å². The first-order chi connectivity index (χ1) is 19.9. The number of rotatable bonds is 11. The zero-order chi connectivity index (χ0) is 30.5. The number of alkyl halides is 6. The molecule has 4 rings (SSSR count). The van der Waals surface area contributed by atoms with Gasteiger partial charge in [0.05, 0.1) is 29.1 Å². The number of H-pyrrole nitrogens is 1. The highest BCUT2D eigenvalue weighted by atomic mass is 19.4. The van der Waals surface area contributed by atoms with Crippen LogP contribution in [0.2, 0.25) is 0 Å². The number of benzene rings is 1. The molecule has 224 valence electrons. The van der Waals surface area contributed by atoms with E-state index in [1.807, 2.05) is 12.0 Å². The van der Waals surface area contributed by atoms with Crippen LogP contribution in [-0.2, 0) is 30.1 Å². The summed E-state index contributed by atoms with van der Waals surface area (Å²) in [4.78, 5) is 15.8. The molecule has 0 aliphatic carbocycles. The molecule has 3 heterocycles. The SMILES string of the molecule is CCCn1cc(CCC(=O)NCCOc2ccc(-c3cc(C(F)(F)F)[nH]n3)c(O)c2-c2cncc(C(F)(F)F)c2)nn1. The Balaban J connectivity index is 1.51. The van der Waals surface area contributed by atoms with E-state index < -0.39 is 29.4 Å². The number of nitrogens with zero attached hydrogens (tertiary/aromatic N) is 5. The van der Waals surface area contributed by atoms with E-state index >= 15 is 0 Å². The van der Waals surface area contributed by atoms with Crippen LogP contribution < -0.4 is 10.1 Å². The van der Waals surface area contributed by atoms with Crippen molar-refractivity contribution >= 4 is 5.91 Å². The fourth-order valence-electron chi connectivity index (χ4n) is 3.99. The second-order valence-electron chi connectivity index (χ2n) is 9.13. The summed E-state index contributed by atoms with van der Waals surface area (Å²) < 4.78 is 86.7. The van der Waals surface area contributed by atoms with Gasteiger partial charge in [-0.25, -0.2) is 0 Å². The monoisotopic (exact) mass is 597 g/mol. The summed E-state index contributed by atoms with van der Waals surface area (Å²) in [5, 5.41) is 27.1. The molecule has 1 aromatic carbocycles. The van der Waals surface area contributed by atoms with Gasteiger partial charge < -0.3 is 15.2 Å². The Bertz CT molecular complexity index is 1530. The minimum atomic E-state index is -4.75. The zero-order valence-electron chi connectivity index (χ0n) is 22.1. The second-order valence-corrected chi connectivity index (χ2v) is 9.13. The van der Waals surface area contributed by atoms with Gasteiger partial charge in [0.2, 0.25) is 5.91 Å². The standard InChI is InChI=1S/C26H25F6N7O3/c1-2-8-39-14-17(35-38-39)3-6-22(40)34-7-9-42-20-5-4-18(19-11-21(37-36-19)26(30,31)32)24(41)23(20)15-10-16(13-33-12-15)25(27,28)29/h4-5,10-14,41H,2-3,6-9H2,1H3,(H,34,40)(H,36,37). The number of carbonyl (C=O) groups is 1. The minimum Gasteiger partial charge on any atom is -0.506 e. The third-order valence-corrected chi connectivity index (χ3v) is 5.98. The largest absolute Gasteiger partial charge is 0.506 e. The molecule has 0 aliphatic heterocycles. The van der Waals surface area contributed by atoms with Crippen LogP contribution in [0.3, 0.4) is 0 Å². The number of aromatic nitrogens is 6. The Morgan fingerprint density at radius 3 is 2.60 bits per heavy atom. The van der Waals surface area contributed by atoms with E-state index in [9.17, 15) is 36.2 Å². The van der Waals surface area contributed by atoms with Gasteiger partial charge in [-0.15, -0.1) is 5.10 Å². The third kappa shape index (κ3) is 7.36. The van der Waals surface area contributed by atoms with E-state index in [-0.39, 0.29) is 53.6 Å². The van der Waals surface area contributed by atoms with Gasteiger partial charge in [-0.05, 0) is 30.7 Å². The van der Waals surface area contributed by atoms with Crippen molar-refractivity contribution in [3.05, 3.63) is 59.8 Å². The number of phenols is 1. The molecule has 4 aromatic rings. The summed E-state index contributed by atoms with van der Waals surface area (Å²) >= 11 is 0. The normalized spacial score (nSPS) is 12.0. The smallest absolute Gasteiger partial charge is 0.432 e. The predicted octanol–water partition coefficient (Wildman–Crippen LogP) is 5.01. The summed E-state index contributed by atoms with van der Waals surface area (Å²) in [6.07, 6.45) is -4.72. The molecule has 0 unspecified atom stereocenters. The molecule has 16 heteroatoms. The molecule has 0 saturated carbocycles. The van der Waals surface area contributed by atoms with Crippen LogP contribution in [0.15, 0.2) is 42.9 Å².